The van der Waals surface area contributed by atoms with E-state index in [1.54, 1.807) is 7.11 Å². The topological polar surface area (TPSA) is 21.3 Å². The summed E-state index contributed by atoms with van der Waals surface area (Å²) in [5.74, 6) is 1.03. The van der Waals surface area contributed by atoms with Crippen LogP contribution in [0.2, 0.25) is 0 Å². The van der Waals surface area contributed by atoms with E-state index in [9.17, 15) is 0 Å². The summed E-state index contributed by atoms with van der Waals surface area (Å²) in [6, 6.07) is 5.66. The number of ether oxygens (including phenoxy) is 1. The molecule has 17 heavy (non-hydrogen) atoms. The fourth-order valence-electron chi connectivity index (χ4n) is 2.42. The number of nitrogens with one attached hydrogen (secondary N) is 1. The molecule has 0 aromatic heterocycles. The Balaban J connectivity index is 2.12. The molecule has 1 aromatic rings. The molecule has 2 heteroatoms. The van der Waals surface area contributed by atoms with Crippen molar-refractivity contribution in [1.29, 1.82) is 0 Å². The lowest BCUT2D eigenvalue weighted by Gasteiger charge is -2.18. The molecule has 0 spiro atoms. The summed E-state index contributed by atoms with van der Waals surface area (Å²) in [5.41, 5.74) is 3.95. The van der Waals surface area contributed by atoms with Gasteiger partial charge >= 0.3 is 0 Å². The maximum atomic E-state index is 5.50. The van der Waals surface area contributed by atoms with Crippen LogP contribution in [0.4, 0.5) is 0 Å². The molecule has 2 nitrogen and oxygen atoms in total. The molecule has 0 radical (unpaired) electrons. The second-order valence-electron chi connectivity index (χ2n) is 5.31. The molecule has 1 unspecified atom stereocenters. The minimum absolute atomic E-state index is 0.526. The first-order chi connectivity index (χ1) is 8.10. The highest BCUT2D eigenvalue weighted by atomic mass is 16.5. The monoisotopic (exact) mass is 233 g/mol. The zero-order valence-corrected chi connectivity index (χ0v) is 11.3. The van der Waals surface area contributed by atoms with E-state index in [-0.39, 0.29) is 0 Å². The van der Waals surface area contributed by atoms with Gasteiger partial charge in [-0.3, -0.25) is 0 Å². The van der Waals surface area contributed by atoms with Gasteiger partial charge in [-0.15, -0.1) is 0 Å². The van der Waals surface area contributed by atoms with E-state index in [1.165, 1.54) is 29.5 Å². The maximum Gasteiger partial charge on any atom is 0.122 e. The van der Waals surface area contributed by atoms with Crippen molar-refractivity contribution in [3.8, 4) is 5.75 Å². The predicted octanol–water partition coefficient (Wildman–Crippen LogP) is 3.00. The van der Waals surface area contributed by atoms with Crippen LogP contribution in [0.25, 0.3) is 0 Å². The van der Waals surface area contributed by atoms with E-state index >= 15 is 0 Å². The van der Waals surface area contributed by atoms with Gasteiger partial charge in [-0.25, -0.2) is 0 Å². The summed E-state index contributed by atoms with van der Waals surface area (Å²) in [7, 11) is 1.76. The van der Waals surface area contributed by atoms with Gasteiger partial charge in [0.25, 0.3) is 0 Å². The van der Waals surface area contributed by atoms with Crippen molar-refractivity contribution in [2.45, 2.75) is 52.1 Å². The highest BCUT2D eigenvalue weighted by Gasteiger charge is 2.23. The molecule has 1 saturated carbocycles. The van der Waals surface area contributed by atoms with Crippen LogP contribution < -0.4 is 10.1 Å². The van der Waals surface area contributed by atoms with Crippen LogP contribution in [0.5, 0.6) is 5.75 Å². The zero-order valence-electron chi connectivity index (χ0n) is 11.3. The van der Waals surface area contributed by atoms with Gasteiger partial charge in [-0.05, 0) is 62.8 Å². The third kappa shape index (κ3) is 3.22. The Morgan fingerprint density at radius 3 is 2.65 bits per heavy atom. The van der Waals surface area contributed by atoms with E-state index in [0.717, 1.165) is 18.2 Å². The number of hydrogen-bond donors (Lipinski definition) is 1. The normalized spacial score (nSPS) is 16.9. The number of hydrogen-bond acceptors (Lipinski definition) is 2. The minimum atomic E-state index is 0.526. The molecule has 0 heterocycles. The number of benzene rings is 1. The fraction of sp³-hybridized carbons (Fsp3) is 0.600. The summed E-state index contributed by atoms with van der Waals surface area (Å²) in [4.78, 5) is 0. The lowest BCUT2D eigenvalue weighted by Crippen LogP contribution is -2.30. The summed E-state index contributed by atoms with van der Waals surface area (Å²) >= 11 is 0. The first kappa shape index (κ1) is 12.4. The van der Waals surface area contributed by atoms with Crippen LogP contribution in [-0.2, 0) is 6.42 Å². The molecule has 0 aliphatic heterocycles. The third-order valence-electron chi connectivity index (χ3n) is 3.40. The SMILES string of the molecule is COc1cc(C)cc(C)c1CC(C)NC1CC1. The number of rotatable bonds is 5. The molecule has 2 rings (SSSR count). The molecular formula is C15H23NO. The summed E-state index contributed by atoms with van der Waals surface area (Å²) < 4.78 is 5.50. The predicted molar refractivity (Wildman–Crippen MR) is 71.8 cm³/mol. The largest absolute Gasteiger partial charge is 0.496 e. The Labute approximate surface area is 104 Å². The van der Waals surface area contributed by atoms with E-state index in [0.29, 0.717) is 6.04 Å². The second-order valence-corrected chi connectivity index (χ2v) is 5.31. The molecule has 94 valence electrons. The van der Waals surface area contributed by atoms with Crippen LogP contribution in [-0.4, -0.2) is 19.2 Å². The fourth-order valence-corrected chi connectivity index (χ4v) is 2.42. The Hall–Kier alpha value is -1.02. The van der Waals surface area contributed by atoms with Gasteiger partial charge < -0.3 is 10.1 Å². The maximum absolute atomic E-state index is 5.50. The van der Waals surface area contributed by atoms with Crippen LogP contribution in [0.1, 0.15) is 36.5 Å². The highest BCUT2D eigenvalue weighted by Crippen LogP contribution is 2.26. The Kier molecular flexibility index (Phi) is 3.72. The quantitative estimate of drug-likeness (QED) is 0.844. The van der Waals surface area contributed by atoms with Crippen molar-refractivity contribution in [1.82, 2.24) is 5.32 Å². The van der Waals surface area contributed by atoms with Crippen molar-refractivity contribution in [2.24, 2.45) is 0 Å². The van der Waals surface area contributed by atoms with E-state index < -0.39 is 0 Å². The first-order valence-electron chi connectivity index (χ1n) is 6.50. The van der Waals surface area contributed by atoms with Gasteiger partial charge in [0.15, 0.2) is 0 Å². The van der Waals surface area contributed by atoms with E-state index in [2.05, 4.69) is 38.2 Å². The molecule has 1 fully saturated rings. The van der Waals surface area contributed by atoms with Gasteiger partial charge in [-0.1, -0.05) is 6.07 Å². The van der Waals surface area contributed by atoms with Crippen LogP contribution >= 0.6 is 0 Å². The summed E-state index contributed by atoms with van der Waals surface area (Å²) in [6.07, 6.45) is 3.73. The Bertz CT molecular complexity index is 396. The third-order valence-corrected chi connectivity index (χ3v) is 3.40. The van der Waals surface area contributed by atoms with E-state index in [4.69, 9.17) is 4.74 Å². The van der Waals surface area contributed by atoms with Gasteiger partial charge in [0.05, 0.1) is 7.11 Å². The zero-order chi connectivity index (χ0) is 12.4. The van der Waals surface area contributed by atoms with Crippen molar-refractivity contribution in [3.63, 3.8) is 0 Å². The highest BCUT2D eigenvalue weighted by molar-refractivity contribution is 5.43. The Morgan fingerprint density at radius 2 is 2.06 bits per heavy atom. The molecule has 0 bridgehead atoms. The van der Waals surface area contributed by atoms with Gasteiger partial charge in [0.1, 0.15) is 5.75 Å². The number of methoxy groups -OCH3 is 1. The standard InChI is InChI=1S/C15H23NO/c1-10-7-11(2)14(15(8-10)17-4)9-12(3)16-13-5-6-13/h7-8,12-13,16H,5-6,9H2,1-4H3. The van der Waals surface area contributed by atoms with Crippen LogP contribution in [0, 0.1) is 13.8 Å². The average Bonchev–Trinajstić information content (AvgIpc) is 3.05. The number of aryl methyl sites for hydroxylation is 2. The molecule has 1 N–H and O–H groups in total. The summed E-state index contributed by atoms with van der Waals surface area (Å²) in [6.45, 7) is 6.55. The first-order valence-corrected chi connectivity index (χ1v) is 6.50. The van der Waals surface area contributed by atoms with Crippen LogP contribution in [0.3, 0.4) is 0 Å². The smallest absolute Gasteiger partial charge is 0.122 e. The van der Waals surface area contributed by atoms with Crippen molar-refractivity contribution >= 4 is 0 Å². The Morgan fingerprint density at radius 1 is 1.35 bits per heavy atom. The van der Waals surface area contributed by atoms with Gasteiger partial charge in [0.2, 0.25) is 0 Å². The molecule has 0 amide bonds. The molecule has 1 atom stereocenters. The molecule has 1 aliphatic carbocycles. The lowest BCUT2D eigenvalue weighted by molar-refractivity contribution is 0.405. The van der Waals surface area contributed by atoms with Gasteiger partial charge in [-0.2, -0.15) is 0 Å². The average molecular weight is 233 g/mol. The minimum Gasteiger partial charge on any atom is -0.496 e. The molecule has 1 aliphatic rings. The lowest BCUT2D eigenvalue weighted by atomic mass is 9.98. The molecular weight excluding hydrogens is 210 g/mol. The van der Waals surface area contributed by atoms with Crippen molar-refractivity contribution < 1.29 is 4.74 Å². The van der Waals surface area contributed by atoms with E-state index in [1.807, 2.05) is 0 Å². The second kappa shape index (κ2) is 5.09. The van der Waals surface area contributed by atoms with Crippen molar-refractivity contribution in [2.75, 3.05) is 7.11 Å². The summed E-state index contributed by atoms with van der Waals surface area (Å²) in [5, 5.41) is 3.64. The molecule has 1 aromatic carbocycles. The van der Waals surface area contributed by atoms with Crippen LogP contribution in [0.15, 0.2) is 12.1 Å². The van der Waals surface area contributed by atoms with Crippen molar-refractivity contribution in [3.05, 3.63) is 28.8 Å². The van der Waals surface area contributed by atoms with Gasteiger partial charge in [0, 0.05) is 12.1 Å². The molecule has 0 saturated heterocycles.